The van der Waals surface area contributed by atoms with Crippen molar-refractivity contribution >= 4 is 16.1 Å². The summed E-state index contributed by atoms with van der Waals surface area (Å²) in [5, 5.41) is 30.9. The minimum Gasteiger partial charge on any atom is -0.748 e. The maximum atomic E-state index is 14.0. The average Bonchev–Trinajstić information content (AvgIpc) is 3.35. The molecular weight excluding hydrogens is 838 g/mol. The molecule has 0 spiro atoms. The molecule has 10 bridgehead atoms. The molecule has 0 saturated carbocycles. The molecule has 7 aliphatic rings. The number of nitrogens with two attached hydrogens (primary N) is 2. The molecule has 0 unspecified atom stereocenters. The maximum Gasteiger partial charge on any atom is 1.00 e. The number of rotatable bonds is 8. The molecule has 0 aromatic heterocycles. The van der Waals surface area contributed by atoms with Crippen LogP contribution in [0.25, 0.3) is 0 Å². The predicted molar refractivity (Wildman–Crippen MR) is 239 cm³/mol. The molecule has 4 aromatic carbocycles. The minimum atomic E-state index is -4.90. The Labute approximate surface area is 398 Å². The van der Waals surface area contributed by atoms with E-state index in [1.807, 2.05) is 84.9 Å². The van der Waals surface area contributed by atoms with Gasteiger partial charge in [0, 0.05) is 48.7 Å². The molecule has 5 aliphatic heterocycles. The number of phenolic OH excluding ortho intramolecular Hbond substituents is 1. The Bertz CT molecular complexity index is 2570. The van der Waals surface area contributed by atoms with Crippen LogP contribution in [0.1, 0.15) is 102 Å². The van der Waals surface area contributed by atoms with Crippen LogP contribution in [0.15, 0.2) is 108 Å². The summed E-state index contributed by atoms with van der Waals surface area (Å²) < 4.78 is 56.1. The Hall–Kier alpha value is -4.16. The van der Waals surface area contributed by atoms with Crippen molar-refractivity contribution in [1.82, 2.24) is 0 Å². The molecule has 1 saturated heterocycles. The van der Waals surface area contributed by atoms with E-state index in [2.05, 4.69) is 18.8 Å². The van der Waals surface area contributed by atoms with Gasteiger partial charge in [-0.25, -0.2) is 13.4 Å². The molecule has 2 aliphatic carbocycles. The molecule has 330 valence electrons. The Morgan fingerprint density at radius 2 is 1.77 bits per heavy atom. The van der Waals surface area contributed by atoms with E-state index in [0.29, 0.717) is 42.6 Å². The first kappa shape index (κ1) is 46.4. The van der Waals surface area contributed by atoms with Crippen molar-refractivity contribution in [2.75, 3.05) is 13.2 Å². The fraction of sp³-hybridized carbons (Fsp3) is 0.431. The van der Waals surface area contributed by atoms with E-state index >= 15 is 0 Å². The van der Waals surface area contributed by atoms with Crippen molar-refractivity contribution < 1.29 is 67.3 Å². The Balaban J connectivity index is 0.00000560. The summed E-state index contributed by atoms with van der Waals surface area (Å²) in [6.45, 7) is 1.83. The van der Waals surface area contributed by atoms with Crippen LogP contribution < -0.4 is 45.8 Å². The summed E-state index contributed by atoms with van der Waals surface area (Å²) in [7, 11) is -4.90. The second-order valence-electron chi connectivity index (χ2n) is 18.6. The van der Waals surface area contributed by atoms with Crippen molar-refractivity contribution in [3.8, 4) is 23.3 Å². The topological polar surface area (TPSA) is 201 Å². The number of aliphatic imine (C=N–C) groups is 1. The van der Waals surface area contributed by atoms with Crippen LogP contribution in [0.3, 0.4) is 0 Å². The number of phenols is 1. The van der Waals surface area contributed by atoms with Crippen molar-refractivity contribution in [2.24, 2.45) is 46.0 Å². The number of ether oxygens (including phenoxy) is 2. The summed E-state index contributed by atoms with van der Waals surface area (Å²) in [4.78, 5) is 4.86. The normalized spacial score (nSPS) is 29.6. The fourth-order valence-electron chi connectivity index (χ4n) is 11.5. The van der Waals surface area contributed by atoms with Gasteiger partial charge in [-0.05, 0) is 126 Å². The van der Waals surface area contributed by atoms with Crippen molar-refractivity contribution in [1.29, 1.82) is 0 Å². The maximum absolute atomic E-state index is 14.0. The van der Waals surface area contributed by atoms with Crippen LogP contribution in [0.5, 0.6) is 11.5 Å². The molecule has 11 rings (SSSR count). The van der Waals surface area contributed by atoms with Crippen molar-refractivity contribution in [3.05, 3.63) is 142 Å². The average molecular weight is 894 g/mol. The number of nitrogens with zero attached hydrogens (tertiary/aromatic N) is 1. The van der Waals surface area contributed by atoms with Gasteiger partial charge in [-0.15, -0.1) is 0 Å². The number of aliphatic hydroxyl groups is 2. The van der Waals surface area contributed by atoms with Crippen LogP contribution in [-0.4, -0.2) is 58.8 Å². The van der Waals surface area contributed by atoms with Crippen LogP contribution in [0.4, 0.5) is 0 Å². The van der Waals surface area contributed by atoms with Crippen LogP contribution in [0.2, 0.25) is 0 Å². The van der Waals surface area contributed by atoms with Gasteiger partial charge in [0.05, 0.1) is 21.5 Å². The van der Waals surface area contributed by atoms with Gasteiger partial charge in [0.1, 0.15) is 17.6 Å². The largest absolute Gasteiger partial charge is 1.00 e. The molecule has 11 atom stereocenters. The van der Waals surface area contributed by atoms with Crippen molar-refractivity contribution in [3.63, 3.8) is 0 Å². The molecule has 0 amide bonds. The number of fused-ring (bicyclic) bond motifs is 9. The Morgan fingerprint density at radius 1 is 1.00 bits per heavy atom. The van der Waals surface area contributed by atoms with Gasteiger partial charge < -0.3 is 40.8 Å². The van der Waals surface area contributed by atoms with Crippen LogP contribution in [-0.2, 0) is 33.4 Å². The number of hydrogen-bond acceptors (Lipinski definition) is 9. The number of aliphatic hydroxyl groups excluding tert-OH is 2. The Morgan fingerprint density at radius 3 is 2.48 bits per heavy atom. The van der Waals surface area contributed by atoms with Crippen molar-refractivity contribution in [2.45, 2.75) is 93.3 Å². The number of hydrogen-bond donors (Lipinski definition) is 5. The standard InChI is InChI=1S/C51H57N3O8S.Na/c1-30-10-11-35-23-41-17-19-42(35)44(30)26-47(63(58,59)60)45-24-38-21-37(25-46-36(29-56)9-5-8-34-22-40(57)16-18-43(34)49(38)61-46)48(45)33-12-14-39(15-13-33)51(62-41,54-50(52)53)27-32(28-55)20-31-6-3-2-4-7-31;/h2-4,6-7,12-19,22-24,30,32,36-37,44-49,55-57H,9-11,20-21,25-29H2,1H3,(H4,52,53,54)(H,58,59,60);/q;+1/p-1/t30-,32+,36+,37+,44-,45-,46-,47+,48-,49+,51-;/m0./s1. The van der Waals surface area contributed by atoms with E-state index in [1.165, 1.54) is 0 Å². The van der Waals surface area contributed by atoms with Gasteiger partial charge in [0.25, 0.3) is 0 Å². The molecule has 4 aromatic rings. The third kappa shape index (κ3) is 9.29. The first-order valence-electron chi connectivity index (χ1n) is 22.2. The van der Waals surface area contributed by atoms with E-state index in [-0.39, 0.29) is 96.9 Å². The van der Waals surface area contributed by atoms with Gasteiger partial charge in [-0.2, -0.15) is 0 Å². The van der Waals surface area contributed by atoms with E-state index < -0.39 is 45.1 Å². The molecule has 11 nitrogen and oxygen atoms in total. The smallest absolute Gasteiger partial charge is 0.748 e. The zero-order chi connectivity index (χ0) is 44.0. The van der Waals surface area contributed by atoms with Crippen LogP contribution in [0, 0.1) is 41.4 Å². The second-order valence-corrected chi connectivity index (χ2v) is 20.1. The molecular formula is C51H56N3NaO8S. The number of aromatic hydroxyl groups is 1. The number of guanidine groups is 1. The monoisotopic (exact) mass is 893 g/mol. The summed E-state index contributed by atoms with van der Waals surface area (Å²) in [5.41, 5.74) is 17.8. The molecule has 64 heavy (non-hydrogen) atoms. The molecule has 5 heterocycles. The van der Waals surface area contributed by atoms with Gasteiger partial charge in [-0.3, -0.25) is 0 Å². The Kier molecular flexibility index (Phi) is 13.8. The molecule has 0 radical (unpaired) electrons. The summed E-state index contributed by atoms with van der Waals surface area (Å²) in [6.07, 6.45) is 4.79. The van der Waals surface area contributed by atoms with E-state index in [9.17, 15) is 28.3 Å². The van der Waals surface area contributed by atoms with Gasteiger partial charge in [-0.1, -0.05) is 91.6 Å². The molecule has 1 fully saturated rings. The zero-order valence-corrected chi connectivity index (χ0v) is 39.3. The van der Waals surface area contributed by atoms with Crippen LogP contribution >= 0.6 is 0 Å². The quantitative estimate of drug-likeness (QED) is 0.0435. The summed E-state index contributed by atoms with van der Waals surface area (Å²) in [5.74, 6) is 4.73. The first-order chi connectivity index (χ1) is 30.3. The van der Waals surface area contributed by atoms with Gasteiger partial charge in [0.15, 0.2) is 5.96 Å². The zero-order valence-electron chi connectivity index (χ0n) is 36.5. The number of aryl methyl sites for hydroxylation is 1. The molecule has 7 N–H and O–H groups in total. The van der Waals surface area contributed by atoms with E-state index in [0.717, 1.165) is 46.2 Å². The number of benzene rings is 4. The van der Waals surface area contributed by atoms with Gasteiger partial charge >= 0.3 is 29.6 Å². The second kappa shape index (κ2) is 19.0. The fourth-order valence-corrected chi connectivity index (χ4v) is 12.6. The van der Waals surface area contributed by atoms with Gasteiger partial charge in [0.2, 0.25) is 5.72 Å². The summed E-state index contributed by atoms with van der Waals surface area (Å²) >= 11 is 0. The molecule has 13 heteroatoms. The number of allylic oxidation sites excluding steroid dienone is 1. The third-order valence-electron chi connectivity index (χ3n) is 14.6. The third-order valence-corrected chi connectivity index (χ3v) is 15.8. The van der Waals surface area contributed by atoms with E-state index in [4.69, 9.17) is 25.9 Å². The first-order valence-corrected chi connectivity index (χ1v) is 23.7. The van der Waals surface area contributed by atoms with E-state index in [1.54, 1.807) is 12.1 Å². The summed E-state index contributed by atoms with van der Waals surface area (Å²) in [6, 6.07) is 28.7. The predicted octanol–water partition coefficient (Wildman–Crippen LogP) is 3.67. The minimum absolute atomic E-state index is 0. The SMILES string of the molecule is C[C@H]1CCc2cc3ccc2[C@H]1C[C@@H](S(=O)(=O)[O-])[C@@H]1C=C2C[C@H](C[C@@H]4O[C@H]2c2ccc(O)cc2C#CC[C@@H]4CO)[C@@H]1c1ccc(cc1)[C@@](C[C@H](CO)Cc1ccccc1)(N=C(N)N)O3.[Na+].